The molecule has 3 aromatic rings. The molecule has 0 unspecified atom stereocenters. The Balaban J connectivity index is 1.97. The number of rotatable bonds is 6. The number of ether oxygens (including phenoxy) is 2. The molecular weight excluding hydrogens is 362 g/mol. The number of aromatic nitrogens is 2. The maximum Gasteiger partial charge on any atom is 0.188 e. The molecule has 2 aromatic heterocycles. The van der Waals surface area contributed by atoms with Gasteiger partial charge in [-0.3, -0.25) is 4.98 Å². The largest absolute Gasteiger partial charge is 0.495 e. The van der Waals surface area contributed by atoms with E-state index in [1.165, 1.54) is 11.3 Å². The van der Waals surface area contributed by atoms with Gasteiger partial charge in [-0.05, 0) is 18.2 Å². The highest BCUT2D eigenvalue weighted by molar-refractivity contribution is 7.16. The van der Waals surface area contributed by atoms with Gasteiger partial charge < -0.3 is 19.9 Å². The van der Waals surface area contributed by atoms with Gasteiger partial charge in [0, 0.05) is 24.0 Å². The smallest absolute Gasteiger partial charge is 0.188 e. The number of hydrogen-bond donors (Lipinski definition) is 2. The van der Waals surface area contributed by atoms with Crippen molar-refractivity contribution < 1.29 is 14.6 Å². The van der Waals surface area contributed by atoms with Crippen molar-refractivity contribution in [3.05, 3.63) is 46.6 Å². The molecular formula is C17H16ClN3O3S. The Morgan fingerprint density at radius 2 is 1.88 bits per heavy atom. The van der Waals surface area contributed by atoms with Crippen molar-refractivity contribution in [2.45, 2.75) is 6.61 Å². The highest BCUT2D eigenvalue weighted by Crippen LogP contribution is 2.39. The molecule has 1 aromatic carbocycles. The molecule has 0 saturated heterocycles. The summed E-state index contributed by atoms with van der Waals surface area (Å²) in [6, 6.07) is 7.12. The zero-order valence-corrected chi connectivity index (χ0v) is 15.2. The summed E-state index contributed by atoms with van der Waals surface area (Å²) in [6.45, 7) is -0.0997. The van der Waals surface area contributed by atoms with Crippen LogP contribution in [0, 0.1) is 0 Å². The van der Waals surface area contributed by atoms with Gasteiger partial charge in [0.2, 0.25) is 0 Å². The standard InChI is InChI=1S/C17H16ClN3O3S/c1-23-13-8-14(24-2)12(7-11(13)18)20-17-21-16(15(9-22)25-17)10-3-5-19-6-4-10/h3-8,22H,9H2,1-2H3,(H,20,21). The highest BCUT2D eigenvalue weighted by Gasteiger charge is 2.15. The van der Waals surface area contributed by atoms with Gasteiger partial charge in [0.05, 0.1) is 42.1 Å². The van der Waals surface area contributed by atoms with Crippen molar-refractivity contribution >= 4 is 33.8 Å². The van der Waals surface area contributed by atoms with Gasteiger partial charge in [-0.1, -0.05) is 22.9 Å². The first-order valence-corrected chi connectivity index (χ1v) is 8.55. The normalized spacial score (nSPS) is 10.6. The van der Waals surface area contributed by atoms with Crippen LogP contribution in [0.4, 0.5) is 10.8 Å². The summed E-state index contributed by atoms with van der Waals surface area (Å²) in [4.78, 5) is 9.34. The molecule has 25 heavy (non-hydrogen) atoms. The number of benzene rings is 1. The topological polar surface area (TPSA) is 76.5 Å². The van der Waals surface area contributed by atoms with Gasteiger partial charge in [0.15, 0.2) is 5.13 Å². The average molecular weight is 378 g/mol. The first-order chi connectivity index (χ1) is 12.2. The summed E-state index contributed by atoms with van der Waals surface area (Å²) in [7, 11) is 3.11. The highest BCUT2D eigenvalue weighted by atomic mass is 35.5. The van der Waals surface area contributed by atoms with E-state index in [9.17, 15) is 5.11 Å². The fourth-order valence-corrected chi connectivity index (χ4v) is 3.42. The second kappa shape index (κ2) is 7.69. The van der Waals surface area contributed by atoms with Crippen LogP contribution in [-0.2, 0) is 6.61 Å². The van der Waals surface area contributed by atoms with Crippen LogP contribution in [0.1, 0.15) is 4.88 Å². The molecule has 0 aliphatic rings. The van der Waals surface area contributed by atoms with Crippen molar-refractivity contribution in [2.75, 3.05) is 19.5 Å². The van der Waals surface area contributed by atoms with Crippen LogP contribution in [0.5, 0.6) is 11.5 Å². The van der Waals surface area contributed by atoms with Gasteiger partial charge in [-0.2, -0.15) is 0 Å². The molecule has 0 atom stereocenters. The van der Waals surface area contributed by atoms with Gasteiger partial charge in [-0.25, -0.2) is 4.98 Å². The third-order valence-corrected chi connectivity index (χ3v) is 4.76. The minimum absolute atomic E-state index is 0.0997. The van der Waals surface area contributed by atoms with Crippen LogP contribution >= 0.6 is 22.9 Å². The fourth-order valence-electron chi connectivity index (χ4n) is 2.32. The predicted molar refractivity (Wildman–Crippen MR) is 99.1 cm³/mol. The van der Waals surface area contributed by atoms with Gasteiger partial charge in [-0.15, -0.1) is 0 Å². The van der Waals surface area contributed by atoms with Crippen LogP contribution in [0.25, 0.3) is 11.3 Å². The molecule has 3 rings (SSSR count). The lowest BCUT2D eigenvalue weighted by atomic mass is 10.2. The van der Waals surface area contributed by atoms with E-state index in [-0.39, 0.29) is 6.61 Å². The Hall–Kier alpha value is -2.35. The van der Waals surface area contributed by atoms with E-state index in [2.05, 4.69) is 15.3 Å². The quantitative estimate of drug-likeness (QED) is 0.673. The zero-order valence-electron chi connectivity index (χ0n) is 13.6. The Kier molecular flexibility index (Phi) is 5.37. The molecule has 0 aliphatic carbocycles. The number of thiazole rings is 1. The third-order valence-electron chi connectivity index (χ3n) is 3.51. The second-order valence-electron chi connectivity index (χ2n) is 5.00. The molecule has 0 radical (unpaired) electrons. The lowest BCUT2D eigenvalue weighted by molar-refractivity contribution is 0.286. The van der Waals surface area contributed by atoms with E-state index in [1.54, 1.807) is 38.7 Å². The first kappa shape index (κ1) is 17.5. The Bertz CT molecular complexity index is 871. The maximum atomic E-state index is 9.64. The van der Waals surface area contributed by atoms with E-state index in [4.69, 9.17) is 21.1 Å². The van der Waals surface area contributed by atoms with Crippen LogP contribution < -0.4 is 14.8 Å². The summed E-state index contributed by atoms with van der Waals surface area (Å²) in [5.74, 6) is 1.10. The van der Waals surface area contributed by atoms with Crippen LogP contribution in [0.3, 0.4) is 0 Å². The molecule has 0 amide bonds. The van der Waals surface area contributed by atoms with E-state index in [0.717, 1.165) is 16.1 Å². The minimum Gasteiger partial charge on any atom is -0.495 e. The maximum absolute atomic E-state index is 9.64. The number of aliphatic hydroxyl groups is 1. The molecule has 0 aliphatic heterocycles. The fraction of sp³-hybridized carbons (Fsp3) is 0.176. The SMILES string of the molecule is COc1cc(OC)c(Nc2nc(-c3ccncc3)c(CO)s2)cc1Cl. The molecule has 2 N–H and O–H groups in total. The molecule has 6 nitrogen and oxygen atoms in total. The van der Waals surface area contributed by atoms with Crippen molar-refractivity contribution in [1.29, 1.82) is 0 Å². The van der Waals surface area contributed by atoms with Crippen molar-refractivity contribution in [1.82, 2.24) is 9.97 Å². The lowest BCUT2D eigenvalue weighted by Gasteiger charge is -2.12. The van der Waals surface area contributed by atoms with E-state index in [0.29, 0.717) is 27.3 Å². The summed E-state index contributed by atoms with van der Waals surface area (Å²) in [5, 5.41) is 13.9. The number of nitrogens with zero attached hydrogens (tertiary/aromatic N) is 2. The number of pyridine rings is 1. The summed E-state index contributed by atoms with van der Waals surface area (Å²) >= 11 is 7.56. The van der Waals surface area contributed by atoms with E-state index >= 15 is 0 Å². The monoisotopic (exact) mass is 377 g/mol. The van der Waals surface area contributed by atoms with Gasteiger partial charge >= 0.3 is 0 Å². The molecule has 0 fully saturated rings. The van der Waals surface area contributed by atoms with Gasteiger partial charge in [0.1, 0.15) is 11.5 Å². The molecule has 0 saturated carbocycles. The number of halogens is 1. The molecule has 2 heterocycles. The minimum atomic E-state index is -0.0997. The molecule has 0 bridgehead atoms. The third kappa shape index (κ3) is 3.68. The Morgan fingerprint density at radius 3 is 2.52 bits per heavy atom. The molecule has 0 spiro atoms. The lowest BCUT2D eigenvalue weighted by Crippen LogP contribution is -1.96. The number of methoxy groups -OCH3 is 2. The van der Waals surface area contributed by atoms with Crippen LogP contribution in [0.15, 0.2) is 36.7 Å². The van der Waals surface area contributed by atoms with Crippen LogP contribution in [0.2, 0.25) is 5.02 Å². The predicted octanol–water partition coefficient (Wildman–Crippen LogP) is 4.11. The number of nitrogens with one attached hydrogen (secondary N) is 1. The summed E-state index contributed by atoms with van der Waals surface area (Å²) in [5.41, 5.74) is 2.27. The van der Waals surface area contributed by atoms with E-state index < -0.39 is 0 Å². The zero-order chi connectivity index (χ0) is 17.8. The number of anilines is 2. The molecule has 130 valence electrons. The summed E-state index contributed by atoms with van der Waals surface area (Å²) in [6.07, 6.45) is 3.38. The van der Waals surface area contributed by atoms with Crippen molar-refractivity contribution in [3.8, 4) is 22.8 Å². The van der Waals surface area contributed by atoms with Crippen LogP contribution in [-0.4, -0.2) is 29.3 Å². The average Bonchev–Trinajstić information content (AvgIpc) is 3.05. The first-order valence-electron chi connectivity index (χ1n) is 7.35. The Labute approximate surface area is 154 Å². The van der Waals surface area contributed by atoms with E-state index in [1.807, 2.05) is 12.1 Å². The Morgan fingerprint density at radius 1 is 1.16 bits per heavy atom. The molecule has 8 heteroatoms. The van der Waals surface area contributed by atoms with Crippen molar-refractivity contribution in [3.63, 3.8) is 0 Å². The number of hydrogen-bond acceptors (Lipinski definition) is 7. The summed E-state index contributed by atoms with van der Waals surface area (Å²) < 4.78 is 10.6. The van der Waals surface area contributed by atoms with Crippen molar-refractivity contribution in [2.24, 2.45) is 0 Å². The van der Waals surface area contributed by atoms with Gasteiger partial charge in [0.25, 0.3) is 0 Å². The number of aliphatic hydroxyl groups excluding tert-OH is 1. The second-order valence-corrected chi connectivity index (χ2v) is 6.49.